The maximum Gasteiger partial charge on any atom is 0.196 e. The summed E-state index contributed by atoms with van der Waals surface area (Å²) in [6, 6.07) is 15.3. The fraction of sp³-hybridized carbons (Fsp3) is 0.118. The Balaban J connectivity index is 2.07. The minimum absolute atomic E-state index is 0.0339. The average molecular weight is 250 g/mol. The van der Waals surface area contributed by atoms with Gasteiger partial charge in [0.05, 0.1) is 5.56 Å². The van der Waals surface area contributed by atoms with Crippen molar-refractivity contribution in [2.45, 2.75) is 13.0 Å². The Morgan fingerprint density at radius 1 is 1.11 bits per heavy atom. The minimum atomic E-state index is -0.387. The summed E-state index contributed by atoms with van der Waals surface area (Å²) in [7, 11) is 0. The van der Waals surface area contributed by atoms with Gasteiger partial charge in [0.15, 0.2) is 11.9 Å². The molecule has 0 saturated heterocycles. The van der Waals surface area contributed by atoms with Gasteiger partial charge in [-0.3, -0.25) is 4.79 Å². The lowest BCUT2D eigenvalue weighted by Gasteiger charge is -2.27. The third-order valence-corrected chi connectivity index (χ3v) is 3.33. The van der Waals surface area contributed by atoms with Crippen molar-refractivity contribution in [1.29, 1.82) is 0 Å². The van der Waals surface area contributed by atoms with Gasteiger partial charge in [-0.25, -0.2) is 0 Å². The molecule has 3 rings (SSSR count). The summed E-state index contributed by atoms with van der Waals surface area (Å²) in [4.78, 5) is 12.3. The van der Waals surface area contributed by atoms with Crippen molar-refractivity contribution in [3.8, 4) is 5.75 Å². The zero-order chi connectivity index (χ0) is 13.4. The molecule has 2 aromatic carbocycles. The highest BCUT2D eigenvalue weighted by Gasteiger charge is 2.31. The van der Waals surface area contributed by atoms with Crippen LogP contribution in [-0.4, -0.2) is 5.78 Å². The Bertz CT molecular complexity index is 670. The van der Waals surface area contributed by atoms with Gasteiger partial charge in [0.2, 0.25) is 0 Å². The molecular formula is C17H14O2. The quantitative estimate of drug-likeness (QED) is 0.718. The van der Waals surface area contributed by atoms with Gasteiger partial charge in [-0.15, -0.1) is 0 Å². The van der Waals surface area contributed by atoms with Crippen LogP contribution in [0.5, 0.6) is 5.75 Å². The van der Waals surface area contributed by atoms with Crippen LogP contribution in [0.15, 0.2) is 60.7 Å². The van der Waals surface area contributed by atoms with Crippen LogP contribution in [0.25, 0.3) is 0 Å². The van der Waals surface area contributed by atoms with Crippen LogP contribution in [0.1, 0.15) is 27.6 Å². The lowest BCUT2D eigenvalue weighted by atomic mass is 9.92. The number of fused-ring (bicyclic) bond motifs is 1. The SMILES string of the molecule is C=C1C(=O)c2ccccc2OC1c1cccc(C)c1. The van der Waals surface area contributed by atoms with E-state index in [9.17, 15) is 4.79 Å². The summed E-state index contributed by atoms with van der Waals surface area (Å²) in [5.41, 5.74) is 3.19. The molecule has 0 aromatic heterocycles. The molecule has 1 heterocycles. The number of Topliss-reactive ketones (excluding diaryl/α,β-unsaturated/α-hetero) is 1. The van der Waals surface area contributed by atoms with Gasteiger partial charge in [-0.1, -0.05) is 48.5 Å². The minimum Gasteiger partial charge on any atom is -0.480 e. The number of benzene rings is 2. The highest BCUT2D eigenvalue weighted by Crippen LogP contribution is 2.37. The monoisotopic (exact) mass is 250 g/mol. The first-order valence-corrected chi connectivity index (χ1v) is 6.22. The molecule has 0 aliphatic carbocycles. The van der Waals surface area contributed by atoms with Crippen LogP contribution in [-0.2, 0) is 0 Å². The molecule has 0 saturated carbocycles. The van der Waals surface area contributed by atoms with E-state index in [1.165, 1.54) is 0 Å². The van der Waals surface area contributed by atoms with Crippen molar-refractivity contribution in [3.63, 3.8) is 0 Å². The van der Waals surface area contributed by atoms with E-state index in [4.69, 9.17) is 4.74 Å². The van der Waals surface area contributed by atoms with Crippen LogP contribution < -0.4 is 4.74 Å². The molecule has 1 aliphatic rings. The Hall–Kier alpha value is -2.35. The van der Waals surface area contributed by atoms with Crippen LogP contribution >= 0.6 is 0 Å². The number of hydrogen-bond donors (Lipinski definition) is 0. The lowest BCUT2D eigenvalue weighted by Crippen LogP contribution is -2.23. The summed E-state index contributed by atoms with van der Waals surface area (Å²) in [5, 5.41) is 0. The lowest BCUT2D eigenvalue weighted by molar-refractivity contribution is 0.0962. The largest absolute Gasteiger partial charge is 0.480 e. The molecule has 19 heavy (non-hydrogen) atoms. The molecule has 2 aromatic rings. The van der Waals surface area contributed by atoms with Crippen LogP contribution in [0.2, 0.25) is 0 Å². The third kappa shape index (κ3) is 1.95. The van der Waals surface area contributed by atoms with E-state index in [-0.39, 0.29) is 11.9 Å². The second-order valence-corrected chi connectivity index (χ2v) is 4.76. The topological polar surface area (TPSA) is 26.3 Å². The number of ketones is 1. The van der Waals surface area contributed by atoms with Gasteiger partial charge in [0, 0.05) is 5.57 Å². The maximum absolute atomic E-state index is 12.3. The normalized spacial score (nSPS) is 17.8. The number of carbonyl (C=O) groups is 1. The highest BCUT2D eigenvalue weighted by atomic mass is 16.5. The molecule has 0 fully saturated rings. The molecular weight excluding hydrogens is 236 g/mol. The van der Waals surface area contributed by atoms with Crippen molar-refractivity contribution in [2.75, 3.05) is 0 Å². The van der Waals surface area contributed by atoms with Crippen LogP contribution in [0.3, 0.4) is 0 Å². The molecule has 0 N–H and O–H groups in total. The fourth-order valence-electron chi connectivity index (χ4n) is 2.35. The number of aryl methyl sites for hydroxylation is 1. The summed E-state index contributed by atoms with van der Waals surface area (Å²) in [6.07, 6.45) is -0.387. The van der Waals surface area contributed by atoms with Crippen LogP contribution in [0.4, 0.5) is 0 Å². The molecule has 0 spiro atoms. The molecule has 1 aliphatic heterocycles. The van der Waals surface area contributed by atoms with Crippen molar-refractivity contribution in [3.05, 3.63) is 77.4 Å². The standard InChI is InChI=1S/C17H14O2/c1-11-6-5-7-13(10-11)17-12(2)16(18)14-8-3-4-9-15(14)19-17/h3-10,17H,2H2,1H3. The van der Waals surface area contributed by atoms with E-state index in [1.807, 2.05) is 49.4 Å². The van der Waals surface area contributed by atoms with Gasteiger partial charge >= 0.3 is 0 Å². The number of carbonyl (C=O) groups excluding carboxylic acids is 1. The molecule has 0 radical (unpaired) electrons. The van der Waals surface area contributed by atoms with Crippen molar-refractivity contribution in [2.24, 2.45) is 0 Å². The van der Waals surface area contributed by atoms with Crippen molar-refractivity contribution in [1.82, 2.24) is 0 Å². The van der Waals surface area contributed by atoms with Gasteiger partial charge in [0.25, 0.3) is 0 Å². The molecule has 0 bridgehead atoms. The van der Waals surface area contributed by atoms with E-state index in [1.54, 1.807) is 6.07 Å². The first-order chi connectivity index (χ1) is 9.16. The second kappa shape index (κ2) is 4.39. The van der Waals surface area contributed by atoms with Gasteiger partial charge in [0.1, 0.15) is 5.75 Å². The molecule has 1 unspecified atom stereocenters. The summed E-state index contributed by atoms with van der Waals surface area (Å²) >= 11 is 0. The maximum atomic E-state index is 12.3. The predicted octanol–water partition coefficient (Wildman–Crippen LogP) is 3.87. The number of hydrogen-bond acceptors (Lipinski definition) is 2. The van der Waals surface area contributed by atoms with E-state index < -0.39 is 0 Å². The zero-order valence-corrected chi connectivity index (χ0v) is 10.7. The van der Waals surface area contributed by atoms with E-state index >= 15 is 0 Å². The van der Waals surface area contributed by atoms with E-state index in [0.717, 1.165) is 11.1 Å². The van der Waals surface area contributed by atoms with Crippen LogP contribution in [0, 0.1) is 6.92 Å². The molecule has 2 heteroatoms. The fourth-order valence-corrected chi connectivity index (χ4v) is 2.35. The second-order valence-electron chi connectivity index (χ2n) is 4.76. The first-order valence-electron chi connectivity index (χ1n) is 6.22. The summed E-state index contributed by atoms with van der Waals surface area (Å²) < 4.78 is 5.94. The average Bonchev–Trinajstić information content (AvgIpc) is 2.43. The first kappa shape index (κ1) is 11.7. The Kier molecular flexibility index (Phi) is 2.71. The van der Waals surface area contributed by atoms with Crippen molar-refractivity contribution >= 4 is 5.78 Å². The highest BCUT2D eigenvalue weighted by molar-refractivity contribution is 6.11. The summed E-state index contributed by atoms with van der Waals surface area (Å²) in [5.74, 6) is 0.597. The Labute approximate surface area is 112 Å². The predicted molar refractivity (Wildman–Crippen MR) is 74.5 cm³/mol. The number of ether oxygens (including phenoxy) is 1. The van der Waals surface area contributed by atoms with Gasteiger partial charge < -0.3 is 4.74 Å². The summed E-state index contributed by atoms with van der Waals surface area (Å²) in [6.45, 7) is 5.93. The van der Waals surface area contributed by atoms with E-state index in [0.29, 0.717) is 16.9 Å². The smallest absolute Gasteiger partial charge is 0.196 e. The van der Waals surface area contributed by atoms with Crippen molar-refractivity contribution < 1.29 is 9.53 Å². The molecule has 1 atom stereocenters. The third-order valence-electron chi connectivity index (χ3n) is 3.33. The number of para-hydroxylation sites is 1. The van der Waals surface area contributed by atoms with E-state index in [2.05, 4.69) is 6.58 Å². The zero-order valence-electron chi connectivity index (χ0n) is 10.7. The Morgan fingerprint density at radius 3 is 2.68 bits per heavy atom. The molecule has 94 valence electrons. The van der Waals surface area contributed by atoms with Gasteiger partial charge in [-0.05, 0) is 24.6 Å². The molecule has 0 amide bonds. The van der Waals surface area contributed by atoms with Gasteiger partial charge in [-0.2, -0.15) is 0 Å². The molecule has 2 nitrogen and oxygen atoms in total. The Morgan fingerprint density at radius 2 is 1.89 bits per heavy atom. The number of rotatable bonds is 1.